The van der Waals surface area contributed by atoms with E-state index in [9.17, 15) is 12.8 Å². The fourth-order valence-corrected chi connectivity index (χ4v) is 4.10. The fourth-order valence-electron chi connectivity index (χ4n) is 2.25. The predicted molar refractivity (Wildman–Crippen MR) is 85.8 cm³/mol. The number of sulfonamides is 1. The molecule has 0 aliphatic heterocycles. The van der Waals surface area contributed by atoms with E-state index in [0.29, 0.717) is 22.1 Å². The third kappa shape index (κ3) is 3.63. The topological polar surface area (TPSA) is 46.2 Å². The second-order valence-corrected chi connectivity index (χ2v) is 6.99. The molecule has 3 nitrogen and oxygen atoms in total. The van der Waals surface area contributed by atoms with Crippen molar-refractivity contribution < 1.29 is 12.8 Å². The molecule has 2 aromatic carbocycles. The van der Waals surface area contributed by atoms with E-state index in [0.717, 1.165) is 5.56 Å². The monoisotopic (exact) mass is 371 g/mol. The number of alkyl halides is 1. The fraction of sp³-hybridized carbons (Fsp3) is 0.200. The summed E-state index contributed by atoms with van der Waals surface area (Å²) in [5.41, 5.74) is 2.21. The number of rotatable bonds is 4. The van der Waals surface area contributed by atoms with E-state index >= 15 is 0 Å². The summed E-state index contributed by atoms with van der Waals surface area (Å²) in [6.45, 7) is 3.17. The lowest BCUT2D eigenvalue weighted by Crippen LogP contribution is -2.16. The van der Waals surface area contributed by atoms with Crippen LogP contribution in [0, 0.1) is 19.7 Å². The summed E-state index contributed by atoms with van der Waals surface area (Å²) in [5, 5.41) is 0.636. The van der Waals surface area contributed by atoms with Crippen molar-refractivity contribution in [1.82, 2.24) is 0 Å². The first-order chi connectivity index (χ1) is 9.83. The van der Waals surface area contributed by atoms with Gasteiger partial charge in [-0.1, -0.05) is 28.1 Å². The number of nitrogens with one attached hydrogen (secondary N) is 1. The van der Waals surface area contributed by atoms with Gasteiger partial charge < -0.3 is 0 Å². The van der Waals surface area contributed by atoms with Crippen LogP contribution < -0.4 is 4.72 Å². The van der Waals surface area contributed by atoms with E-state index in [-0.39, 0.29) is 4.90 Å². The Bertz CT molecular complexity index is 752. The minimum atomic E-state index is -3.75. The van der Waals surface area contributed by atoms with Crippen LogP contribution in [0.2, 0.25) is 0 Å². The zero-order valence-electron chi connectivity index (χ0n) is 11.7. The van der Waals surface area contributed by atoms with Gasteiger partial charge in [-0.15, -0.1) is 0 Å². The summed E-state index contributed by atoms with van der Waals surface area (Å²) in [4.78, 5) is 0.119. The minimum Gasteiger partial charge on any atom is -0.280 e. The molecule has 0 heterocycles. The van der Waals surface area contributed by atoms with Crippen LogP contribution in [0.25, 0.3) is 0 Å². The molecule has 2 aromatic rings. The molecule has 2 rings (SSSR count). The highest BCUT2D eigenvalue weighted by Crippen LogP contribution is 2.24. The summed E-state index contributed by atoms with van der Waals surface area (Å²) < 4.78 is 40.9. The number of aryl methyl sites for hydroxylation is 2. The van der Waals surface area contributed by atoms with Crippen LogP contribution in [0.1, 0.15) is 16.7 Å². The van der Waals surface area contributed by atoms with Gasteiger partial charge in [0.05, 0.1) is 4.90 Å². The number of halogens is 2. The molecule has 0 fully saturated rings. The summed E-state index contributed by atoms with van der Waals surface area (Å²) in [7, 11) is -3.75. The standard InChI is InChI=1S/C15H15BrFNO2S/c1-10-6-13(17)7-11(2)15(10)21(19,20)18-14-5-3-4-12(8-14)9-16/h3-8,18H,9H2,1-2H3. The van der Waals surface area contributed by atoms with Gasteiger partial charge in [-0.3, -0.25) is 4.72 Å². The lowest BCUT2D eigenvalue weighted by Gasteiger charge is -2.13. The van der Waals surface area contributed by atoms with Gasteiger partial charge in [-0.05, 0) is 54.8 Å². The molecule has 0 amide bonds. The van der Waals surface area contributed by atoms with Gasteiger partial charge in [0, 0.05) is 11.0 Å². The maximum Gasteiger partial charge on any atom is 0.262 e. The number of hydrogen-bond acceptors (Lipinski definition) is 2. The quantitative estimate of drug-likeness (QED) is 0.820. The van der Waals surface area contributed by atoms with Gasteiger partial charge in [-0.25, -0.2) is 12.8 Å². The molecular formula is C15H15BrFNO2S. The Morgan fingerprint density at radius 1 is 1.14 bits per heavy atom. The van der Waals surface area contributed by atoms with Crippen molar-refractivity contribution in [2.75, 3.05) is 4.72 Å². The third-order valence-electron chi connectivity index (χ3n) is 3.03. The molecule has 112 valence electrons. The lowest BCUT2D eigenvalue weighted by molar-refractivity contribution is 0.597. The van der Waals surface area contributed by atoms with Crippen LogP contribution in [0.3, 0.4) is 0 Å². The third-order valence-corrected chi connectivity index (χ3v) is 5.36. The Hall–Kier alpha value is -1.40. The first kappa shape index (κ1) is 16.0. The highest BCUT2D eigenvalue weighted by atomic mass is 79.9. The molecule has 0 radical (unpaired) electrons. The van der Waals surface area contributed by atoms with Crippen molar-refractivity contribution in [1.29, 1.82) is 0 Å². The summed E-state index contributed by atoms with van der Waals surface area (Å²) in [5.74, 6) is -0.440. The van der Waals surface area contributed by atoms with E-state index in [1.165, 1.54) is 12.1 Å². The number of benzene rings is 2. The van der Waals surface area contributed by atoms with Crippen molar-refractivity contribution in [2.45, 2.75) is 24.1 Å². The minimum absolute atomic E-state index is 0.119. The van der Waals surface area contributed by atoms with Crippen molar-refractivity contribution >= 4 is 31.6 Å². The number of anilines is 1. The largest absolute Gasteiger partial charge is 0.280 e. The van der Waals surface area contributed by atoms with Gasteiger partial charge in [0.1, 0.15) is 5.82 Å². The molecule has 0 bridgehead atoms. The Labute approximate surface area is 132 Å². The first-order valence-corrected chi connectivity index (χ1v) is 8.88. The second-order valence-electron chi connectivity index (χ2n) is 4.81. The average Bonchev–Trinajstić information content (AvgIpc) is 2.36. The Kier molecular flexibility index (Phi) is 4.68. The van der Waals surface area contributed by atoms with Crippen LogP contribution in [0.15, 0.2) is 41.3 Å². The first-order valence-electron chi connectivity index (χ1n) is 6.28. The van der Waals surface area contributed by atoms with E-state index in [1.54, 1.807) is 32.0 Å². The molecule has 0 aromatic heterocycles. The van der Waals surface area contributed by atoms with Crippen molar-refractivity contribution in [3.63, 3.8) is 0 Å². The average molecular weight is 372 g/mol. The molecular weight excluding hydrogens is 357 g/mol. The maximum atomic E-state index is 13.3. The molecule has 1 N–H and O–H groups in total. The van der Waals surface area contributed by atoms with Crippen LogP contribution in [-0.2, 0) is 15.4 Å². The molecule has 21 heavy (non-hydrogen) atoms. The zero-order valence-corrected chi connectivity index (χ0v) is 14.1. The van der Waals surface area contributed by atoms with Gasteiger partial charge in [-0.2, -0.15) is 0 Å². The van der Waals surface area contributed by atoms with Crippen LogP contribution in [-0.4, -0.2) is 8.42 Å². The molecule has 0 unspecified atom stereocenters. The van der Waals surface area contributed by atoms with Crippen LogP contribution in [0.4, 0.5) is 10.1 Å². The maximum absolute atomic E-state index is 13.3. The summed E-state index contributed by atoms with van der Waals surface area (Å²) in [6, 6.07) is 9.53. The number of hydrogen-bond donors (Lipinski definition) is 1. The summed E-state index contributed by atoms with van der Waals surface area (Å²) in [6.07, 6.45) is 0. The van der Waals surface area contributed by atoms with Gasteiger partial charge in [0.25, 0.3) is 10.0 Å². The Balaban J connectivity index is 2.43. The van der Waals surface area contributed by atoms with Crippen molar-refractivity contribution in [3.8, 4) is 0 Å². The summed E-state index contributed by atoms with van der Waals surface area (Å²) >= 11 is 3.33. The van der Waals surface area contributed by atoms with Gasteiger partial charge in [0.2, 0.25) is 0 Å². The molecule has 0 aliphatic rings. The smallest absolute Gasteiger partial charge is 0.262 e. The lowest BCUT2D eigenvalue weighted by atomic mass is 10.1. The van der Waals surface area contributed by atoms with Gasteiger partial charge >= 0.3 is 0 Å². The SMILES string of the molecule is Cc1cc(F)cc(C)c1S(=O)(=O)Nc1cccc(CBr)c1. The highest BCUT2D eigenvalue weighted by Gasteiger charge is 2.20. The molecule has 0 aliphatic carbocycles. The highest BCUT2D eigenvalue weighted by molar-refractivity contribution is 9.08. The van der Waals surface area contributed by atoms with Crippen molar-refractivity contribution in [3.05, 3.63) is 58.9 Å². The normalized spacial score (nSPS) is 11.4. The van der Waals surface area contributed by atoms with Crippen LogP contribution >= 0.6 is 15.9 Å². The Morgan fingerprint density at radius 2 is 1.76 bits per heavy atom. The van der Waals surface area contributed by atoms with E-state index in [2.05, 4.69) is 20.7 Å². The van der Waals surface area contributed by atoms with E-state index in [1.807, 2.05) is 6.07 Å². The predicted octanol–water partition coefficient (Wildman–Crippen LogP) is 4.14. The molecule has 0 saturated heterocycles. The van der Waals surface area contributed by atoms with Gasteiger partial charge in [0.15, 0.2) is 0 Å². The molecule has 0 saturated carbocycles. The van der Waals surface area contributed by atoms with E-state index < -0.39 is 15.8 Å². The van der Waals surface area contributed by atoms with Crippen molar-refractivity contribution in [2.24, 2.45) is 0 Å². The molecule has 0 atom stereocenters. The van der Waals surface area contributed by atoms with Crippen LogP contribution in [0.5, 0.6) is 0 Å². The van der Waals surface area contributed by atoms with E-state index in [4.69, 9.17) is 0 Å². The zero-order chi connectivity index (χ0) is 15.6. The second kappa shape index (κ2) is 6.15. The Morgan fingerprint density at radius 3 is 2.33 bits per heavy atom. The molecule has 6 heteroatoms. The molecule has 0 spiro atoms.